The highest BCUT2D eigenvalue weighted by Gasteiger charge is 2.08. The molecule has 0 amide bonds. The molecule has 0 atom stereocenters. The third-order valence-electron chi connectivity index (χ3n) is 2.87. The van der Waals surface area contributed by atoms with Crippen LogP contribution in [0.5, 0.6) is 0 Å². The Hall–Kier alpha value is -2.25. The van der Waals surface area contributed by atoms with E-state index in [0.29, 0.717) is 5.69 Å². The number of aromatic nitrogens is 2. The SMILES string of the molecule is CS(=O)(=O)Nc1ccc(-c2csc(-c3ccccn3)n2)cc1. The number of nitrogens with zero attached hydrogens (tertiary/aromatic N) is 2. The number of hydrogen-bond acceptors (Lipinski definition) is 5. The number of benzene rings is 1. The third kappa shape index (κ3) is 3.49. The highest BCUT2D eigenvalue weighted by molar-refractivity contribution is 7.92. The summed E-state index contributed by atoms with van der Waals surface area (Å²) in [7, 11) is -3.26. The van der Waals surface area contributed by atoms with E-state index in [9.17, 15) is 8.42 Å². The van der Waals surface area contributed by atoms with Crippen LogP contribution in [0.3, 0.4) is 0 Å². The first-order valence-corrected chi connectivity index (χ1v) is 9.23. The van der Waals surface area contributed by atoms with Crippen molar-refractivity contribution >= 4 is 27.0 Å². The van der Waals surface area contributed by atoms with Crippen LogP contribution in [0.4, 0.5) is 5.69 Å². The van der Waals surface area contributed by atoms with Gasteiger partial charge in [-0.1, -0.05) is 18.2 Å². The molecule has 22 heavy (non-hydrogen) atoms. The van der Waals surface area contributed by atoms with Crippen molar-refractivity contribution in [3.05, 3.63) is 54.0 Å². The topological polar surface area (TPSA) is 72.0 Å². The first-order chi connectivity index (χ1) is 10.5. The van der Waals surface area contributed by atoms with E-state index in [-0.39, 0.29) is 0 Å². The van der Waals surface area contributed by atoms with Gasteiger partial charge in [0.15, 0.2) is 0 Å². The van der Waals surface area contributed by atoms with Gasteiger partial charge in [-0.15, -0.1) is 11.3 Å². The quantitative estimate of drug-likeness (QED) is 0.796. The maximum Gasteiger partial charge on any atom is 0.229 e. The zero-order chi connectivity index (χ0) is 15.6. The molecule has 0 spiro atoms. The van der Waals surface area contributed by atoms with Crippen LogP contribution in [-0.4, -0.2) is 24.6 Å². The summed E-state index contributed by atoms with van der Waals surface area (Å²) in [6.45, 7) is 0. The summed E-state index contributed by atoms with van der Waals surface area (Å²) in [6, 6.07) is 12.8. The van der Waals surface area contributed by atoms with E-state index < -0.39 is 10.0 Å². The lowest BCUT2D eigenvalue weighted by Gasteiger charge is -2.04. The Morgan fingerprint density at radius 3 is 2.45 bits per heavy atom. The molecule has 2 aromatic heterocycles. The minimum Gasteiger partial charge on any atom is -0.284 e. The number of pyridine rings is 1. The lowest BCUT2D eigenvalue weighted by Crippen LogP contribution is -2.09. The second-order valence-electron chi connectivity index (χ2n) is 4.70. The molecule has 0 aliphatic heterocycles. The van der Waals surface area contributed by atoms with Gasteiger partial charge in [0.05, 0.1) is 17.6 Å². The van der Waals surface area contributed by atoms with Crippen molar-refractivity contribution in [3.8, 4) is 22.0 Å². The molecular formula is C15H13N3O2S2. The first-order valence-electron chi connectivity index (χ1n) is 6.46. The molecule has 0 aliphatic carbocycles. The molecule has 0 fully saturated rings. The molecule has 1 aromatic carbocycles. The molecule has 5 nitrogen and oxygen atoms in total. The number of anilines is 1. The molecule has 0 aliphatic rings. The van der Waals surface area contributed by atoms with Crippen LogP contribution in [-0.2, 0) is 10.0 Å². The van der Waals surface area contributed by atoms with Crippen LogP contribution in [0, 0.1) is 0 Å². The number of hydrogen-bond donors (Lipinski definition) is 1. The monoisotopic (exact) mass is 331 g/mol. The Labute approximate surface area is 132 Å². The second-order valence-corrected chi connectivity index (χ2v) is 7.31. The molecule has 0 unspecified atom stereocenters. The maximum absolute atomic E-state index is 11.2. The fourth-order valence-corrected chi connectivity index (χ4v) is 3.31. The molecule has 0 saturated carbocycles. The molecule has 3 rings (SSSR count). The Morgan fingerprint density at radius 2 is 1.82 bits per heavy atom. The Kier molecular flexibility index (Phi) is 3.91. The fraction of sp³-hybridized carbons (Fsp3) is 0.0667. The second kappa shape index (κ2) is 5.86. The van der Waals surface area contributed by atoms with Crippen molar-refractivity contribution in [2.45, 2.75) is 0 Å². The predicted octanol–water partition coefficient (Wildman–Crippen LogP) is 3.24. The summed E-state index contributed by atoms with van der Waals surface area (Å²) in [5.74, 6) is 0. The van der Waals surface area contributed by atoms with Crippen molar-refractivity contribution in [2.24, 2.45) is 0 Å². The smallest absolute Gasteiger partial charge is 0.229 e. The van der Waals surface area contributed by atoms with Gasteiger partial charge in [0.1, 0.15) is 5.01 Å². The van der Waals surface area contributed by atoms with Crippen LogP contribution < -0.4 is 4.72 Å². The largest absolute Gasteiger partial charge is 0.284 e. The summed E-state index contributed by atoms with van der Waals surface area (Å²) < 4.78 is 24.8. The minimum absolute atomic E-state index is 0.534. The van der Waals surface area contributed by atoms with Gasteiger partial charge in [0.2, 0.25) is 10.0 Å². The normalized spacial score (nSPS) is 11.3. The average Bonchev–Trinajstić information content (AvgIpc) is 2.97. The Balaban J connectivity index is 1.85. The van der Waals surface area contributed by atoms with Crippen molar-refractivity contribution in [3.63, 3.8) is 0 Å². The van der Waals surface area contributed by atoms with Gasteiger partial charge in [-0.2, -0.15) is 0 Å². The van der Waals surface area contributed by atoms with E-state index in [4.69, 9.17) is 0 Å². The fourth-order valence-electron chi connectivity index (χ4n) is 1.94. The molecule has 0 radical (unpaired) electrons. The maximum atomic E-state index is 11.2. The summed E-state index contributed by atoms with van der Waals surface area (Å²) >= 11 is 1.53. The number of nitrogens with one attached hydrogen (secondary N) is 1. The van der Waals surface area contributed by atoms with E-state index >= 15 is 0 Å². The lowest BCUT2D eigenvalue weighted by molar-refractivity contribution is 0.607. The summed E-state index contributed by atoms with van der Waals surface area (Å²) in [6.07, 6.45) is 2.86. The Morgan fingerprint density at radius 1 is 1.05 bits per heavy atom. The summed E-state index contributed by atoms with van der Waals surface area (Å²) in [5, 5.41) is 2.82. The van der Waals surface area contributed by atoms with Crippen LogP contribution in [0.15, 0.2) is 54.0 Å². The zero-order valence-electron chi connectivity index (χ0n) is 11.7. The predicted molar refractivity (Wildman–Crippen MR) is 89.2 cm³/mol. The molecular weight excluding hydrogens is 318 g/mol. The molecule has 112 valence electrons. The first kappa shape index (κ1) is 14.7. The average molecular weight is 331 g/mol. The van der Waals surface area contributed by atoms with Gasteiger partial charge >= 0.3 is 0 Å². The van der Waals surface area contributed by atoms with Crippen LogP contribution in [0.25, 0.3) is 22.0 Å². The van der Waals surface area contributed by atoms with Crippen molar-refractivity contribution < 1.29 is 8.42 Å². The molecule has 7 heteroatoms. The van der Waals surface area contributed by atoms with Crippen LogP contribution in [0.1, 0.15) is 0 Å². The molecule has 1 N–H and O–H groups in total. The van der Waals surface area contributed by atoms with E-state index in [1.165, 1.54) is 11.3 Å². The molecule has 0 bridgehead atoms. The van der Waals surface area contributed by atoms with E-state index in [1.54, 1.807) is 18.3 Å². The van der Waals surface area contributed by atoms with Gasteiger partial charge in [-0.25, -0.2) is 13.4 Å². The van der Waals surface area contributed by atoms with Gasteiger partial charge < -0.3 is 0 Å². The van der Waals surface area contributed by atoms with E-state index in [1.807, 2.05) is 35.7 Å². The standard InChI is InChI=1S/C15H13N3O2S2/c1-22(19,20)18-12-7-5-11(6-8-12)14-10-21-15(17-14)13-4-2-3-9-16-13/h2-10,18H,1H3. The van der Waals surface area contributed by atoms with Crippen LogP contribution in [0.2, 0.25) is 0 Å². The Bertz CT molecular complexity index is 873. The number of rotatable bonds is 4. The highest BCUT2D eigenvalue weighted by atomic mass is 32.2. The highest BCUT2D eigenvalue weighted by Crippen LogP contribution is 2.28. The summed E-state index contributed by atoms with van der Waals surface area (Å²) in [4.78, 5) is 8.85. The minimum atomic E-state index is -3.26. The zero-order valence-corrected chi connectivity index (χ0v) is 13.4. The van der Waals surface area contributed by atoms with Gasteiger partial charge in [-0.05, 0) is 24.3 Å². The van der Waals surface area contributed by atoms with Gasteiger partial charge in [-0.3, -0.25) is 9.71 Å². The van der Waals surface area contributed by atoms with Crippen molar-refractivity contribution in [1.29, 1.82) is 0 Å². The van der Waals surface area contributed by atoms with Gasteiger partial charge in [0, 0.05) is 22.8 Å². The van der Waals surface area contributed by atoms with Crippen molar-refractivity contribution in [2.75, 3.05) is 11.0 Å². The third-order valence-corrected chi connectivity index (χ3v) is 4.34. The molecule has 0 saturated heterocycles. The summed E-state index contributed by atoms with van der Waals surface area (Å²) in [5.41, 5.74) is 3.15. The van der Waals surface area contributed by atoms with E-state index in [0.717, 1.165) is 28.2 Å². The molecule has 3 aromatic rings. The lowest BCUT2D eigenvalue weighted by atomic mass is 10.1. The number of sulfonamides is 1. The van der Waals surface area contributed by atoms with E-state index in [2.05, 4.69) is 14.7 Å². The van der Waals surface area contributed by atoms with Crippen LogP contribution >= 0.6 is 11.3 Å². The number of thiazole rings is 1. The molecule has 2 heterocycles. The van der Waals surface area contributed by atoms with Gasteiger partial charge in [0.25, 0.3) is 0 Å². The van der Waals surface area contributed by atoms with Crippen molar-refractivity contribution in [1.82, 2.24) is 9.97 Å².